The van der Waals surface area contributed by atoms with Crippen molar-refractivity contribution >= 4 is 0 Å². The molecule has 4 fully saturated rings. The number of hydrogen-bond donors (Lipinski definition) is 1. The first kappa shape index (κ1) is 13.8. The fraction of sp³-hybridized carbons (Fsp3) is 0.700. The van der Waals surface area contributed by atoms with Crippen LogP contribution in [-0.4, -0.2) is 5.11 Å². The highest BCUT2D eigenvalue weighted by molar-refractivity contribution is 5.19. The molecule has 1 nitrogen and oxygen atoms in total. The predicted molar refractivity (Wildman–Crippen MR) is 85.9 cm³/mol. The minimum absolute atomic E-state index is 0.283. The van der Waals surface area contributed by atoms with Crippen molar-refractivity contribution in [3.8, 4) is 0 Å². The molecule has 114 valence electrons. The zero-order chi connectivity index (χ0) is 14.7. The van der Waals surface area contributed by atoms with E-state index in [4.69, 9.17) is 0 Å². The van der Waals surface area contributed by atoms with Gasteiger partial charge in [-0.1, -0.05) is 44.2 Å². The van der Waals surface area contributed by atoms with Gasteiger partial charge in [0.15, 0.2) is 0 Å². The molecule has 1 aromatic rings. The molecule has 1 aromatic carbocycles. The normalized spacial score (nSPS) is 45.8. The molecule has 0 amide bonds. The standard InChI is InChI=1S/C20H28O/c1-18-8-15-9-19(2,12-18)14-20(10-15,13-18)11-17(21)16-6-4-3-5-7-16/h3-7,15,17,21H,8-14H2,1-2H3. The second-order valence-electron chi connectivity index (χ2n) is 9.26. The van der Waals surface area contributed by atoms with Crippen LogP contribution in [0, 0.1) is 22.2 Å². The first-order chi connectivity index (χ1) is 9.90. The van der Waals surface area contributed by atoms with Gasteiger partial charge in [0.2, 0.25) is 0 Å². The summed E-state index contributed by atoms with van der Waals surface area (Å²) in [6.45, 7) is 5.03. The summed E-state index contributed by atoms with van der Waals surface area (Å²) in [5.41, 5.74) is 2.59. The molecule has 1 heteroatoms. The van der Waals surface area contributed by atoms with E-state index in [1.807, 2.05) is 18.2 Å². The largest absolute Gasteiger partial charge is 0.388 e. The van der Waals surface area contributed by atoms with Crippen LogP contribution in [0.4, 0.5) is 0 Å². The molecule has 4 aliphatic rings. The molecule has 3 atom stereocenters. The van der Waals surface area contributed by atoms with E-state index in [9.17, 15) is 5.11 Å². The maximum atomic E-state index is 10.7. The highest BCUT2D eigenvalue weighted by Crippen LogP contribution is 2.71. The molecule has 4 aliphatic carbocycles. The average Bonchev–Trinajstić information content (AvgIpc) is 2.34. The highest BCUT2D eigenvalue weighted by Gasteiger charge is 2.60. The summed E-state index contributed by atoms with van der Waals surface area (Å²) in [6, 6.07) is 10.3. The summed E-state index contributed by atoms with van der Waals surface area (Å²) in [6.07, 6.45) is 9.03. The van der Waals surface area contributed by atoms with Gasteiger partial charge in [-0.2, -0.15) is 0 Å². The SMILES string of the molecule is CC12CC3CC(C)(C1)CC(CC(O)c1ccccc1)(C3)C2. The molecule has 0 radical (unpaired) electrons. The fourth-order valence-corrected chi connectivity index (χ4v) is 7.12. The van der Waals surface area contributed by atoms with Crippen molar-refractivity contribution in [1.82, 2.24) is 0 Å². The molecule has 4 bridgehead atoms. The minimum Gasteiger partial charge on any atom is -0.388 e. The quantitative estimate of drug-likeness (QED) is 0.818. The Hall–Kier alpha value is -0.820. The van der Waals surface area contributed by atoms with Crippen molar-refractivity contribution in [2.45, 2.75) is 64.9 Å². The molecule has 3 unspecified atom stereocenters. The number of aliphatic hydroxyl groups is 1. The number of aliphatic hydroxyl groups excluding tert-OH is 1. The van der Waals surface area contributed by atoms with Crippen molar-refractivity contribution in [2.75, 3.05) is 0 Å². The molecule has 5 rings (SSSR count). The topological polar surface area (TPSA) is 20.2 Å². The summed E-state index contributed by atoms with van der Waals surface area (Å²) in [5, 5.41) is 10.7. The molecule has 1 N–H and O–H groups in total. The summed E-state index contributed by atoms with van der Waals surface area (Å²) < 4.78 is 0. The minimum atomic E-state index is -0.283. The van der Waals surface area contributed by atoms with Crippen molar-refractivity contribution < 1.29 is 5.11 Å². The second-order valence-corrected chi connectivity index (χ2v) is 9.26. The number of rotatable bonds is 3. The van der Waals surface area contributed by atoms with Crippen LogP contribution in [0.3, 0.4) is 0 Å². The van der Waals surface area contributed by atoms with E-state index in [2.05, 4.69) is 26.0 Å². The maximum absolute atomic E-state index is 10.7. The van der Waals surface area contributed by atoms with Crippen molar-refractivity contribution in [2.24, 2.45) is 22.2 Å². The van der Waals surface area contributed by atoms with Gasteiger partial charge in [-0.3, -0.25) is 0 Å². The molecular formula is C20H28O. The summed E-state index contributed by atoms with van der Waals surface area (Å²) in [4.78, 5) is 0. The first-order valence-electron chi connectivity index (χ1n) is 8.63. The lowest BCUT2D eigenvalue weighted by Crippen LogP contribution is -2.55. The van der Waals surface area contributed by atoms with E-state index < -0.39 is 0 Å². The highest BCUT2D eigenvalue weighted by atomic mass is 16.3. The lowest BCUT2D eigenvalue weighted by atomic mass is 9.39. The Bertz CT molecular complexity index is 516. The summed E-state index contributed by atoms with van der Waals surface area (Å²) >= 11 is 0. The van der Waals surface area contributed by atoms with Gasteiger partial charge in [0, 0.05) is 0 Å². The van der Waals surface area contributed by atoms with Gasteiger partial charge in [0.25, 0.3) is 0 Å². The molecule has 0 aromatic heterocycles. The van der Waals surface area contributed by atoms with Crippen molar-refractivity contribution in [1.29, 1.82) is 0 Å². The third-order valence-corrected chi connectivity index (χ3v) is 6.55. The monoisotopic (exact) mass is 284 g/mol. The Balaban J connectivity index is 1.60. The Kier molecular flexibility index (Phi) is 2.86. The zero-order valence-corrected chi connectivity index (χ0v) is 13.4. The maximum Gasteiger partial charge on any atom is 0.0795 e. The second kappa shape index (κ2) is 4.35. The van der Waals surface area contributed by atoms with E-state index in [-0.39, 0.29) is 6.10 Å². The van der Waals surface area contributed by atoms with E-state index in [0.29, 0.717) is 16.2 Å². The molecule has 0 heterocycles. The van der Waals surface area contributed by atoms with Gasteiger partial charge >= 0.3 is 0 Å². The van der Waals surface area contributed by atoms with Crippen LogP contribution < -0.4 is 0 Å². The van der Waals surface area contributed by atoms with Crippen LogP contribution in [0.2, 0.25) is 0 Å². The predicted octanol–water partition coefficient (Wildman–Crippen LogP) is 5.11. The van der Waals surface area contributed by atoms with E-state index in [0.717, 1.165) is 17.9 Å². The van der Waals surface area contributed by atoms with Gasteiger partial charge in [-0.25, -0.2) is 0 Å². The molecule has 0 saturated heterocycles. The van der Waals surface area contributed by atoms with Crippen LogP contribution in [0.1, 0.15) is 70.5 Å². The van der Waals surface area contributed by atoms with Gasteiger partial charge in [0.05, 0.1) is 6.10 Å². The number of hydrogen-bond acceptors (Lipinski definition) is 1. The van der Waals surface area contributed by atoms with Gasteiger partial charge < -0.3 is 5.11 Å². The summed E-state index contributed by atoms with van der Waals surface area (Å²) in [5.74, 6) is 0.916. The lowest BCUT2D eigenvalue weighted by Gasteiger charge is -2.66. The number of benzene rings is 1. The lowest BCUT2D eigenvalue weighted by molar-refractivity contribution is -0.157. The van der Waals surface area contributed by atoms with Crippen LogP contribution in [0.5, 0.6) is 0 Å². The van der Waals surface area contributed by atoms with Crippen molar-refractivity contribution in [3.05, 3.63) is 35.9 Å². The molecule has 4 saturated carbocycles. The Morgan fingerprint density at radius 1 is 1.00 bits per heavy atom. The van der Waals surface area contributed by atoms with Crippen molar-refractivity contribution in [3.63, 3.8) is 0 Å². The van der Waals surface area contributed by atoms with E-state index in [1.54, 1.807) is 0 Å². The van der Waals surface area contributed by atoms with Gasteiger partial charge in [-0.05, 0) is 72.7 Å². The average molecular weight is 284 g/mol. The Morgan fingerprint density at radius 3 is 2.19 bits per heavy atom. The Morgan fingerprint density at radius 2 is 1.62 bits per heavy atom. The van der Waals surface area contributed by atoms with Crippen LogP contribution in [-0.2, 0) is 0 Å². The van der Waals surface area contributed by atoms with E-state index >= 15 is 0 Å². The molecule has 0 aliphatic heterocycles. The van der Waals surface area contributed by atoms with Gasteiger partial charge in [-0.15, -0.1) is 0 Å². The van der Waals surface area contributed by atoms with E-state index in [1.165, 1.54) is 38.5 Å². The first-order valence-corrected chi connectivity index (χ1v) is 8.63. The van der Waals surface area contributed by atoms with Crippen LogP contribution in [0.15, 0.2) is 30.3 Å². The fourth-order valence-electron chi connectivity index (χ4n) is 7.12. The zero-order valence-electron chi connectivity index (χ0n) is 13.4. The van der Waals surface area contributed by atoms with Crippen LogP contribution in [0.25, 0.3) is 0 Å². The molecular weight excluding hydrogens is 256 g/mol. The molecule has 21 heavy (non-hydrogen) atoms. The molecule has 0 spiro atoms. The smallest absolute Gasteiger partial charge is 0.0795 e. The Labute approximate surface area is 128 Å². The van der Waals surface area contributed by atoms with Crippen LogP contribution >= 0.6 is 0 Å². The van der Waals surface area contributed by atoms with Gasteiger partial charge in [0.1, 0.15) is 0 Å². The third kappa shape index (κ3) is 2.34. The summed E-state index contributed by atoms with van der Waals surface area (Å²) in [7, 11) is 0. The third-order valence-electron chi connectivity index (χ3n) is 6.55.